The Morgan fingerprint density at radius 3 is 2.51 bits per heavy atom. The lowest BCUT2D eigenvalue weighted by Crippen LogP contribution is -2.47. The average molecular weight is 542 g/mol. The molecule has 7 heteroatoms. The van der Waals surface area contributed by atoms with Crippen LogP contribution in [-0.4, -0.2) is 41.6 Å². The van der Waals surface area contributed by atoms with E-state index < -0.39 is 5.97 Å². The summed E-state index contributed by atoms with van der Waals surface area (Å²) in [5.41, 5.74) is 2.97. The summed E-state index contributed by atoms with van der Waals surface area (Å²) in [6.45, 7) is 4.24. The predicted molar refractivity (Wildman–Crippen MR) is 157 cm³/mol. The third-order valence-electron chi connectivity index (χ3n) is 7.70. The zero-order chi connectivity index (χ0) is 27.4. The number of amides is 2. The maximum atomic E-state index is 13.2. The van der Waals surface area contributed by atoms with E-state index in [-0.39, 0.29) is 28.6 Å². The smallest absolute Gasteiger partial charge is 0.335 e. The highest BCUT2D eigenvalue weighted by Gasteiger charge is 2.33. The molecule has 1 aliphatic rings. The normalized spacial score (nSPS) is 18.1. The van der Waals surface area contributed by atoms with Crippen molar-refractivity contribution in [2.24, 2.45) is 5.92 Å². The van der Waals surface area contributed by atoms with Crippen molar-refractivity contribution in [1.82, 2.24) is 10.2 Å². The molecule has 39 heavy (non-hydrogen) atoms. The largest absolute Gasteiger partial charge is 0.478 e. The van der Waals surface area contributed by atoms with Crippen molar-refractivity contribution >= 4 is 40.1 Å². The molecule has 4 aromatic rings. The third-order valence-corrected chi connectivity index (χ3v) is 8.02. The SMILES string of the molecule is C[C@@H](NCC1CCN(C(=O)Nc2ccc(C(=O)O)cc2Cl)CC1c1ccccc1)c1cccc2ccccc12. The quantitative estimate of drug-likeness (QED) is 0.231. The highest BCUT2D eigenvalue weighted by molar-refractivity contribution is 6.34. The Hall–Kier alpha value is -3.87. The van der Waals surface area contributed by atoms with Gasteiger partial charge in [-0.15, -0.1) is 0 Å². The molecule has 6 nitrogen and oxygen atoms in total. The predicted octanol–water partition coefficient (Wildman–Crippen LogP) is 7.18. The van der Waals surface area contributed by atoms with Crippen molar-refractivity contribution in [3.05, 3.63) is 113 Å². The van der Waals surface area contributed by atoms with Crippen LogP contribution in [0.2, 0.25) is 5.02 Å². The van der Waals surface area contributed by atoms with Crippen molar-refractivity contribution in [1.29, 1.82) is 0 Å². The van der Waals surface area contributed by atoms with Crippen molar-refractivity contribution in [3.63, 3.8) is 0 Å². The number of fused-ring (bicyclic) bond motifs is 1. The van der Waals surface area contributed by atoms with Gasteiger partial charge in [0.05, 0.1) is 16.3 Å². The molecule has 200 valence electrons. The molecule has 0 spiro atoms. The van der Waals surface area contributed by atoms with Crippen LogP contribution in [0.1, 0.15) is 46.8 Å². The number of piperidine rings is 1. The highest BCUT2D eigenvalue weighted by Crippen LogP contribution is 2.34. The first-order valence-electron chi connectivity index (χ1n) is 13.3. The minimum atomic E-state index is -1.06. The number of likely N-dealkylation sites (tertiary alicyclic amines) is 1. The van der Waals surface area contributed by atoms with E-state index in [1.54, 1.807) is 0 Å². The second kappa shape index (κ2) is 11.9. The van der Waals surface area contributed by atoms with Gasteiger partial charge in [0.25, 0.3) is 0 Å². The van der Waals surface area contributed by atoms with E-state index in [9.17, 15) is 14.7 Å². The van der Waals surface area contributed by atoms with Gasteiger partial charge in [0.1, 0.15) is 0 Å². The maximum Gasteiger partial charge on any atom is 0.335 e. The lowest BCUT2D eigenvalue weighted by molar-refractivity contribution is 0.0697. The zero-order valence-electron chi connectivity index (χ0n) is 21.8. The Morgan fingerprint density at radius 1 is 1.00 bits per heavy atom. The summed E-state index contributed by atoms with van der Waals surface area (Å²) < 4.78 is 0. The molecule has 0 bridgehead atoms. The Morgan fingerprint density at radius 2 is 1.74 bits per heavy atom. The second-order valence-electron chi connectivity index (χ2n) is 10.1. The van der Waals surface area contributed by atoms with Crippen LogP contribution in [0.4, 0.5) is 10.5 Å². The van der Waals surface area contributed by atoms with Crippen LogP contribution in [0.5, 0.6) is 0 Å². The van der Waals surface area contributed by atoms with E-state index >= 15 is 0 Å². The van der Waals surface area contributed by atoms with Crippen LogP contribution >= 0.6 is 11.6 Å². The number of nitrogens with zero attached hydrogens (tertiary/aromatic N) is 1. The van der Waals surface area contributed by atoms with E-state index in [0.717, 1.165) is 13.0 Å². The van der Waals surface area contributed by atoms with Gasteiger partial charge in [-0.2, -0.15) is 0 Å². The molecule has 3 atom stereocenters. The zero-order valence-corrected chi connectivity index (χ0v) is 22.6. The molecule has 2 amide bonds. The molecule has 1 saturated heterocycles. The van der Waals surface area contributed by atoms with Gasteiger partial charge in [-0.25, -0.2) is 9.59 Å². The van der Waals surface area contributed by atoms with E-state index in [2.05, 4.69) is 72.2 Å². The monoisotopic (exact) mass is 541 g/mol. The summed E-state index contributed by atoms with van der Waals surface area (Å²) >= 11 is 6.26. The van der Waals surface area contributed by atoms with Crippen molar-refractivity contribution < 1.29 is 14.7 Å². The topological polar surface area (TPSA) is 81.7 Å². The van der Waals surface area contributed by atoms with E-state index in [1.807, 2.05) is 23.1 Å². The number of hydrogen-bond donors (Lipinski definition) is 3. The number of rotatable bonds is 7. The summed E-state index contributed by atoms with van der Waals surface area (Å²) in [6.07, 6.45) is 0.855. The minimum absolute atomic E-state index is 0.0770. The molecular weight excluding hydrogens is 510 g/mol. The summed E-state index contributed by atoms with van der Waals surface area (Å²) in [5.74, 6) is -0.541. The fourth-order valence-corrected chi connectivity index (χ4v) is 5.74. The number of carbonyl (C=O) groups excluding carboxylic acids is 1. The lowest BCUT2D eigenvalue weighted by atomic mass is 9.80. The van der Waals surface area contributed by atoms with Gasteiger partial charge in [-0.3, -0.25) is 0 Å². The maximum absolute atomic E-state index is 13.2. The number of urea groups is 1. The molecule has 0 aliphatic carbocycles. The highest BCUT2D eigenvalue weighted by atomic mass is 35.5. The van der Waals surface area contributed by atoms with Crippen LogP contribution in [-0.2, 0) is 0 Å². The van der Waals surface area contributed by atoms with Gasteiger partial charge in [0, 0.05) is 25.0 Å². The van der Waals surface area contributed by atoms with Gasteiger partial charge in [0.15, 0.2) is 0 Å². The Bertz CT molecular complexity index is 1470. The number of carboxylic acids is 1. The third kappa shape index (κ3) is 6.08. The number of anilines is 1. The second-order valence-corrected chi connectivity index (χ2v) is 10.5. The van der Waals surface area contributed by atoms with Crippen molar-refractivity contribution in [3.8, 4) is 0 Å². The van der Waals surface area contributed by atoms with Gasteiger partial charge in [-0.1, -0.05) is 84.4 Å². The van der Waals surface area contributed by atoms with E-state index in [0.29, 0.717) is 24.7 Å². The number of carbonyl (C=O) groups is 2. The first-order valence-corrected chi connectivity index (χ1v) is 13.6. The van der Waals surface area contributed by atoms with Crippen LogP contribution in [0.3, 0.4) is 0 Å². The molecule has 0 saturated carbocycles. The first-order chi connectivity index (χ1) is 18.9. The van der Waals surface area contributed by atoms with Crippen LogP contribution < -0.4 is 10.6 Å². The minimum Gasteiger partial charge on any atom is -0.478 e. The average Bonchev–Trinajstić information content (AvgIpc) is 2.96. The molecule has 1 fully saturated rings. The standard InChI is InChI=1S/C32H32ClN3O3/c1-21(26-13-7-11-22-10-5-6-12-27(22)26)34-19-25-16-17-36(20-28(25)23-8-3-2-4-9-23)32(39)35-30-15-14-24(31(37)38)18-29(30)33/h2-15,18,21,25,28,34H,16-17,19-20H2,1H3,(H,35,39)(H,37,38)/t21-,25?,28?/m1/s1. The van der Waals surface area contributed by atoms with Crippen LogP contribution in [0, 0.1) is 5.92 Å². The number of carboxylic acid groups (broad SMARTS) is 1. The van der Waals surface area contributed by atoms with Gasteiger partial charge >= 0.3 is 12.0 Å². The molecule has 0 radical (unpaired) electrons. The molecular formula is C32H32ClN3O3. The number of nitrogens with one attached hydrogen (secondary N) is 2. The van der Waals surface area contributed by atoms with Gasteiger partial charge in [-0.05, 0) is 65.9 Å². The fraction of sp³-hybridized carbons (Fsp3) is 0.250. The van der Waals surface area contributed by atoms with Crippen LogP contribution in [0.25, 0.3) is 10.8 Å². The number of benzene rings is 4. The van der Waals surface area contributed by atoms with Gasteiger partial charge in [0.2, 0.25) is 0 Å². The summed E-state index contributed by atoms with van der Waals surface area (Å²) in [7, 11) is 0. The molecule has 1 heterocycles. The first kappa shape index (κ1) is 26.7. The van der Waals surface area contributed by atoms with Crippen molar-refractivity contribution in [2.45, 2.75) is 25.3 Å². The number of hydrogen-bond acceptors (Lipinski definition) is 3. The fourth-order valence-electron chi connectivity index (χ4n) is 5.52. The Kier molecular flexibility index (Phi) is 8.15. The number of aromatic carboxylic acids is 1. The molecule has 3 N–H and O–H groups in total. The molecule has 1 aliphatic heterocycles. The molecule has 0 aromatic heterocycles. The summed E-state index contributed by atoms with van der Waals surface area (Å²) in [6, 6.07) is 29.5. The van der Waals surface area contributed by atoms with E-state index in [1.165, 1.54) is 40.1 Å². The van der Waals surface area contributed by atoms with E-state index in [4.69, 9.17) is 11.6 Å². The number of halogens is 1. The lowest BCUT2D eigenvalue weighted by Gasteiger charge is -2.39. The van der Waals surface area contributed by atoms with Gasteiger partial charge < -0.3 is 20.6 Å². The molecule has 2 unspecified atom stereocenters. The molecule has 4 aromatic carbocycles. The Labute approximate surface area is 233 Å². The summed E-state index contributed by atoms with van der Waals surface area (Å²) in [5, 5.41) is 18.5. The Balaban J connectivity index is 1.29. The summed E-state index contributed by atoms with van der Waals surface area (Å²) in [4.78, 5) is 26.3. The van der Waals surface area contributed by atoms with Crippen molar-refractivity contribution in [2.75, 3.05) is 25.0 Å². The molecule has 5 rings (SSSR count). The van der Waals surface area contributed by atoms with Crippen LogP contribution in [0.15, 0.2) is 91.0 Å².